The Kier molecular flexibility index (Phi) is 3.25. The number of aromatic nitrogens is 5. The highest BCUT2D eigenvalue weighted by atomic mass is 15.2. The summed E-state index contributed by atoms with van der Waals surface area (Å²) in [4.78, 5) is 0. The second-order valence-corrected chi connectivity index (χ2v) is 3.44. The van der Waals surface area contributed by atoms with Crippen LogP contribution in [0.25, 0.3) is 0 Å². The smallest absolute Gasteiger partial charge is 0.166 e. The molecular formula is C10H11N7. The predicted molar refractivity (Wildman–Crippen MR) is 59.9 cm³/mol. The highest BCUT2D eigenvalue weighted by Gasteiger charge is 2.04. The molecule has 2 rings (SSSR count). The summed E-state index contributed by atoms with van der Waals surface area (Å²) in [5, 5.41) is 27.3. The minimum atomic E-state index is 0.484. The van der Waals surface area contributed by atoms with E-state index in [0.717, 1.165) is 5.82 Å². The molecule has 0 amide bonds. The van der Waals surface area contributed by atoms with Crippen LogP contribution in [0.2, 0.25) is 0 Å². The van der Waals surface area contributed by atoms with Gasteiger partial charge in [0.1, 0.15) is 18.2 Å². The molecule has 2 aromatic heterocycles. The fourth-order valence-electron chi connectivity index (χ4n) is 1.38. The monoisotopic (exact) mass is 229 g/mol. The molecule has 0 spiro atoms. The molecule has 17 heavy (non-hydrogen) atoms. The Morgan fingerprint density at radius 2 is 2.29 bits per heavy atom. The van der Waals surface area contributed by atoms with Crippen LogP contribution in [-0.4, -0.2) is 31.5 Å². The molecule has 0 fully saturated rings. The average Bonchev–Trinajstić information content (AvgIpc) is 2.76. The van der Waals surface area contributed by atoms with E-state index in [4.69, 9.17) is 5.26 Å². The van der Waals surface area contributed by atoms with E-state index in [0.29, 0.717) is 24.3 Å². The van der Waals surface area contributed by atoms with E-state index in [-0.39, 0.29) is 0 Å². The number of hydrogen-bond acceptors (Lipinski definition) is 6. The maximum absolute atomic E-state index is 8.86. The number of nitrogens with one attached hydrogen (secondary N) is 1. The number of aryl methyl sites for hydroxylation is 1. The maximum atomic E-state index is 8.86. The lowest BCUT2D eigenvalue weighted by atomic mass is 10.3. The molecule has 0 bridgehead atoms. The molecule has 0 saturated carbocycles. The number of nitriles is 1. The lowest BCUT2D eigenvalue weighted by Crippen LogP contribution is -2.11. The van der Waals surface area contributed by atoms with Gasteiger partial charge in [-0.25, -0.2) is 0 Å². The first-order chi connectivity index (χ1) is 8.31. The summed E-state index contributed by atoms with van der Waals surface area (Å²) in [7, 11) is 1.89. The minimum Gasteiger partial charge on any atom is -0.367 e. The molecule has 0 aliphatic carbocycles. The van der Waals surface area contributed by atoms with E-state index in [1.165, 1.54) is 6.20 Å². The summed E-state index contributed by atoms with van der Waals surface area (Å²) in [6.07, 6.45) is 3.85. The Morgan fingerprint density at radius 1 is 1.41 bits per heavy atom. The van der Waals surface area contributed by atoms with Crippen molar-refractivity contribution in [3.05, 3.63) is 30.0 Å². The minimum absolute atomic E-state index is 0.484. The molecule has 7 nitrogen and oxygen atoms in total. The van der Waals surface area contributed by atoms with Gasteiger partial charge in [-0.3, -0.25) is 0 Å². The molecule has 0 radical (unpaired) electrons. The van der Waals surface area contributed by atoms with Gasteiger partial charge in [-0.1, -0.05) is 0 Å². The summed E-state index contributed by atoms with van der Waals surface area (Å²) in [5.74, 6) is 1.37. The highest BCUT2D eigenvalue weighted by Crippen LogP contribution is 2.07. The van der Waals surface area contributed by atoms with Gasteiger partial charge in [-0.2, -0.15) is 10.4 Å². The van der Waals surface area contributed by atoms with E-state index in [1.54, 1.807) is 12.4 Å². The zero-order valence-electron chi connectivity index (χ0n) is 9.33. The molecule has 0 aromatic carbocycles. The summed E-state index contributed by atoms with van der Waals surface area (Å²) in [6, 6.07) is 3.68. The summed E-state index contributed by atoms with van der Waals surface area (Å²) in [5.41, 5.74) is 0.484. The van der Waals surface area contributed by atoms with Crippen LogP contribution in [0.4, 0.5) is 5.82 Å². The second-order valence-electron chi connectivity index (χ2n) is 3.44. The third-order valence-electron chi connectivity index (χ3n) is 2.29. The molecular weight excluding hydrogens is 218 g/mol. The predicted octanol–water partition coefficient (Wildman–Crippen LogP) is 0.131. The van der Waals surface area contributed by atoms with Crippen molar-refractivity contribution < 1.29 is 0 Å². The van der Waals surface area contributed by atoms with E-state index in [9.17, 15) is 0 Å². The van der Waals surface area contributed by atoms with Crippen LogP contribution in [0, 0.1) is 11.3 Å². The Morgan fingerprint density at radius 3 is 3.00 bits per heavy atom. The Bertz CT molecular complexity index is 540. The third kappa shape index (κ3) is 2.55. The first-order valence-electron chi connectivity index (χ1n) is 5.10. The molecule has 2 aromatic rings. The van der Waals surface area contributed by atoms with Crippen molar-refractivity contribution in [2.45, 2.75) is 6.42 Å². The van der Waals surface area contributed by atoms with Crippen molar-refractivity contribution in [2.75, 3.05) is 11.9 Å². The van der Waals surface area contributed by atoms with Gasteiger partial charge in [0.2, 0.25) is 0 Å². The normalized spacial score (nSPS) is 9.88. The molecule has 0 saturated heterocycles. The van der Waals surface area contributed by atoms with Crippen molar-refractivity contribution in [3.8, 4) is 6.07 Å². The SMILES string of the molecule is Cn1cnnc1CCNc1nnccc1C#N. The Hall–Kier alpha value is -2.49. The highest BCUT2D eigenvalue weighted by molar-refractivity contribution is 5.50. The van der Waals surface area contributed by atoms with Crippen LogP contribution >= 0.6 is 0 Å². The standard InChI is InChI=1S/C10H11N7/c1-17-7-14-15-9(17)3-4-12-10-8(6-11)2-5-13-16-10/h2,5,7H,3-4H2,1H3,(H,12,16). The van der Waals surface area contributed by atoms with Gasteiger partial charge in [0.15, 0.2) is 5.82 Å². The molecule has 0 aliphatic heterocycles. The van der Waals surface area contributed by atoms with Gasteiger partial charge in [0.05, 0.1) is 11.8 Å². The van der Waals surface area contributed by atoms with Crippen LogP contribution in [0.3, 0.4) is 0 Å². The fourth-order valence-corrected chi connectivity index (χ4v) is 1.38. The summed E-state index contributed by atoms with van der Waals surface area (Å²) in [6.45, 7) is 0.625. The number of hydrogen-bond donors (Lipinski definition) is 1. The van der Waals surface area contributed by atoms with Crippen molar-refractivity contribution in [3.63, 3.8) is 0 Å². The number of anilines is 1. The molecule has 86 valence electrons. The van der Waals surface area contributed by atoms with E-state index in [1.807, 2.05) is 11.6 Å². The zero-order chi connectivity index (χ0) is 12.1. The first-order valence-corrected chi connectivity index (χ1v) is 5.10. The zero-order valence-corrected chi connectivity index (χ0v) is 9.33. The van der Waals surface area contributed by atoms with Gasteiger partial charge in [-0.15, -0.1) is 15.3 Å². The quantitative estimate of drug-likeness (QED) is 0.801. The van der Waals surface area contributed by atoms with Gasteiger partial charge in [-0.05, 0) is 6.07 Å². The Labute approximate surface area is 98.1 Å². The fraction of sp³-hybridized carbons (Fsp3) is 0.300. The maximum Gasteiger partial charge on any atom is 0.166 e. The van der Waals surface area contributed by atoms with E-state index >= 15 is 0 Å². The molecule has 0 atom stereocenters. The third-order valence-corrected chi connectivity index (χ3v) is 2.29. The van der Waals surface area contributed by atoms with Crippen LogP contribution in [0.5, 0.6) is 0 Å². The lowest BCUT2D eigenvalue weighted by molar-refractivity contribution is 0.786. The van der Waals surface area contributed by atoms with Crippen LogP contribution in [0.1, 0.15) is 11.4 Å². The average molecular weight is 229 g/mol. The second kappa shape index (κ2) is 5.03. The van der Waals surface area contributed by atoms with Gasteiger partial charge >= 0.3 is 0 Å². The van der Waals surface area contributed by atoms with Crippen molar-refractivity contribution >= 4 is 5.82 Å². The number of rotatable bonds is 4. The summed E-state index contributed by atoms with van der Waals surface area (Å²) < 4.78 is 1.85. The van der Waals surface area contributed by atoms with Crippen molar-refractivity contribution in [2.24, 2.45) is 7.05 Å². The van der Waals surface area contributed by atoms with Gasteiger partial charge in [0, 0.05) is 20.0 Å². The van der Waals surface area contributed by atoms with Crippen LogP contribution in [0.15, 0.2) is 18.6 Å². The number of nitrogens with zero attached hydrogens (tertiary/aromatic N) is 6. The Balaban J connectivity index is 1.95. The first kappa shape index (κ1) is 11.0. The van der Waals surface area contributed by atoms with Crippen LogP contribution < -0.4 is 5.32 Å². The van der Waals surface area contributed by atoms with Crippen molar-refractivity contribution in [1.82, 2.24) is 25.0 Å². The molecule has 1 N–H and O–H groups in total. The lowest BCUT2D eigenvalue weighted by Gasteiger charge is -2.05. The van der Waals surface area contributed by atoms with Gasteiger partial charge in [0.25, 0.3) is 0 Å². The van der Waals surface area contributed by atoms with Crippen molar-refractivity contribution in [1.29, 1.82) is 5.26 Å². The molecule has 0 aliphatic rings. The molecule has 0 unspecified atom stereocenters. The van der Waals surface area contributed by atoms with Gasteiger partial charge < -0.3 is 9.88 Å². The summed E-state index contributed by atoms with van der Waals surface area (Å²) >= 11 is 0. The molecule has 7 heteroatoms. The van der Waals surface area contributed by atoms with Crippen LogP contribution in [-0.2, 0) is 13.5 Å². The van der Waals surface area contributed by atoms with E-state index in [2.05, 4.69) is 31.8 Å². The molecule has 2 heterocycles. The largest absolute Gasteiger partial charge is 0.367 e. The topological polar surface area (TPSA) is 92.3 Å². The van der Waals surface area contributed by atoms with E-state index < -0.39 is 0 Å².